The molecule has 126 valence electrons. The zero-order chi connectivity index (χ0) is 17.6. The molecule has 0 spiro atoms. The number of aliphatic hydroxyl groups excluding tert-OH is 1. The summed E-state index contributed by atoms with van der Waals surface area (Å²) in [6.07, 6.45) is -0.780. The first-order valence-electron chi connectivity index (χ1n) is 7.89. The summed E-state index contributed by atoms with van der Waals surface area (Å²) in [5, 5.41) is 16.7. The number of hydrogen-bond donors (Lipinski definition) is 1. The summed E-state index contributed by atoms with van der Waals surface area (Å²) >= 11 is 7.80. The average Bonchev–Trinajstić information content (AvgIpc) is 3.16. The SMILES string of the molecule is Cc1cc(C)n(-c2nc3c(C(O)c4ccccc4)cc(Cl)cc3s2)n1. The van der Waals surface area contributed by atoms with Crippen molar-refractivity contribution in [2.45, 2.75) is 20.0 Å². The molecule has 4 rings (SSSR count). The van der Waals surface area contributed by atoms with Gasteiger partial charge in [0.2, 0.25) is 5.13 Å². The highest BCUT2D eigenvalue weighted by Crippen LogP contribution is 2.35. The fraction of sp³-hybridized carbons (Fsp3) is 0.158. The molecule has 0 radical (unpaired) electrons. The molecule has 0 fully saturated rings. The first-order valence-corrected chi connectivity index (χ1v) is 9.09. The van der Waals surface area contributed by atoms with Crippen molar-refractivity contribution in [1.82, 2.24) is 14.8 Å². The highest BCUT2D eigenvalue weighted by molar-refractivity contribution is 7.20. The van der Waals surface area contributed by atoms with Gasteiger partial charge in [-0.15, -0.1) is 0 Å². The van der Waals surface area contributed by atoms with Crippen LogP contribution in [0.25, 0.3) is 15.3 Å². The quantitative estimate of drug-likeness (QED) is 0.562. The highest BCUT2D eigenvalue weighted by atomic mass is 35.5. The standard InChI is InChI=1S/C19H16ClN3OS/c1-11-8-12(2)23(22-11)19-21-17-15(9-14(20)10-16(17)25-19)18(24)13-6-4-3-5-7-13/h3-10,18,24H,1-2H3. The Hall–Kier alpha value is -2.21. The molecule has 0 saturated heterocycles. The summed E-state index contributed by atoms with van der Waals surface area (Å²) in [5.41, 5.74) is 4.24. The van der Waals surface area contributed by atoms with E-state index in [1.54, 1.807) is 6.07 Å². The van der Waals surface area contributed by atoms with Crippen molar-refractivity contribution in [3.05, 3.63) is 76.1 Å². The molecule has 1 unspecified atom stereocenters. The van der Waals surface area contributed by atoms with Crippen molar-refractivity contribution in [3.8, 4) is 5.13 Å². The maximum absolute atomic E-state index is 10.8. The van der Waals surface area contributed by atoms with Gasteiger partial charge in [0.05, 0.1) is 15.9 Å². The predicted octanol–water partition coefficient (Wildman–Crippen LogP) is 4.83. The average molecular weight is 370 g/mol. The number of thiazole rings is 1. The van der Waals surface area contributed by atoms with Gasteiger partial charge in [-0.2, -0.15) is 5.10 Å². The van der Waals surface area contributed by atoms with Gasteiger partial charge < -0.3 is 5.11 Å². The van der Waals surface area contributed by atoms with E-state index in [4.69, 9.17) is 16.6 Å². The number of halogens is 1. The van der Waals surface area contributed by atoms with Crippen LogP contribution in [0.1, 0.15) is 28.6 Å². The van der Waals surface area contributed by atoms with Crippen LogP contribution in [0.15, 0.2) is 48.5 Å². The normalized spacial score (nSPS) is 12.6. The van der Waals surface area contributed by atoms with Crippen LogP contribution >= 0.6 is 22.9 Å². The third kappa shape index (κ3) is 2.95. The maximum Gasteiger partial charge on any atom is 0.211 e. The van der Waals surface area contributed by atoms with Crippen LogP contribution in [0.4, 0.5) is 0 Å². The topological polar surface area (TPSA) is 50.9 Å². The van der Waals surface area contributed by atoms with Crippen molar-refractivity contribution in [3.63, 3.8) is 0 Å². The number of aromatic nitrogens is 3. The van der Waals surface area contributed by atoms with Crippen LogP contribution in [0.5, 0.6) is 0 Å². The molecule has 1 atom stereocenters. The van der Waals surface area contributed by atoms with E-state index in [-0.39, 0.29) is 0 Å². The van der Waals surface area contributed by atoms with Gasteiger partial charge in [0.25, 0.3) is 0 Å². The molecule has 2 heterocycles. The lowest BCUT2D eigenvalue weighted by atomic mass is 10.0. The second-order valence-electron chi connectivity index (χ2n) is 5.99. The molecule has 0 aliphatic carbocycles. The zero-order valence-corrected chi connectivity index (χ0v) is 15.3. The van der Waals surface area contributed by atoms with Gasteiger partial charge in [0.15, 0.2) is 0 Å². The third-order valence-electron chi connectivity index (χ3n) is 4.08. The fourth-order valence-corrected chi connectivity index (χ4v) is 4.29. The Kier molecular flexibility index (Phi) is 4.07. The van der Waals surface area contributed by atoms with Gasteiger partial charge in [-0.25, -0.2) is 9.67 Å². The van der Waals surface area contributed by atoms with E-state index in [2.05, 4.69) is 5.10 Å². The number of hydrogen-bond acceptors (Lipinski definition) is 4. The summed E-state index contributed by atoms with van der Waals surface area (Å²) in [6, 6.07) is 15.2. The molecule has 2 aromatic heterocycles. The lowest BCUT2D eigenvalue weighted by Crippen LogP contribution is -2.01. The number of aryl methyl sites for hydroxylation is 2. The van der Waals surface area contributed by atoms with Crippen LogP contribution in [0.2, 0.25) is 5.02 Å². The summed E-state index contributed by atoms with van der Waals surface area (Å²) in [5.74, 6) is 0. The lowest BCUT2D eigenvalue weighted by Gasteiger charge is -2.12. The third-order valence-corrected chi connectivity index (χ3v) is 5.27. The van der Waals surface area contributed by atoms with Crippen molar-refractivity contribution in [1.29, 1.82) is 0 Å². The lowest BCUT2D eigenvalue weighted by molar-refractivity contribution is 0.221. The first-order chi connectivity index (χ1) is 12.0. The minimum atomic E-state index is -0.780. The molecule has 2 aromatic carbocycles. The van der Waals surface area contributed by atoms with Crippen LogP contribution in [-0.2, 0) is 0 Å². The molecule has 0 amide bonds. The first kappa shape index (κ1) is 16.3. The molecular weight excluding hydrogens is 354 g/mol. The van der Waals surface area contributed by atoms with Gasteiger partial charge in [-0.05, 0) is 37.6 Å². The van der Waals surface area contributed by atoms with Crippen molar-refractivity contribution in [2.24, 2.45) is 0 Å². The molecule has 25 heavy (non-hydrogen) atoms. The Morgan fingerprint density at radius 2 is 1.88 bits per heavy atom. The number of nitrogens with zero attached hydrogens (tertiary/aromatic N) is 3. The highest BCUT2D eigenvalue weighted by Gasteiger charge is 2.19. The monoisotopic (exact) mass is 369 g/mol. The Morgan fingerprint density at radius 3 is 2.56 bits per heavy atom. The Morgan fingerprint density at radius 1 is 1.12 bits per heavy atom. The Bertz CT molecular complexity index is 1060. The van der Waals surface area contributed by atoms with Crippen LogP contribution < -0.4 is 0 Å². The molecule has 1 N–H and O–H groups in total. The zero-order valence-electron chi connectivity index (χ0n) is 13.8. The summed E-state index contributed by atoms with van der Waals surface area (Å²) in [4.78, 5) is 4.75. The molecular formula is C19H16ClN3OS. The Balaban J connectivity index is 1.89. The number of rotatable bonds is 3. The minimum Gasteiger partial charge on any atom is -0.384 e. The second-order valence-corrected chi connectivity index (χ2v) is 7.44. The van der Waals surface area contributed by atoms with Crippen molar-refractivity contribution in [2.75, 3.05) is 0 Å². The Labute approximate surface area is 154 Å². The van der Waals surface area contributed by atoms with Gasteiger partial charge >= 0.3 is 0 Å². The molecule has 4 nitrogen and oxygen atoms in total. The molecule has 4 aromatic rings. The summed E-state index contributed by atoms with van der Waals surface area (Å²) < 4.78 is 2.76. The number of benzene rings is 2. The van der Waals surface area contributed by atoms with Crippen LogP contribution in [0.3, 0.4) is 0 Å². The van der Waals surface area contributed by atoms with E-state index in [0.29, 0.717) is 10.6 Å². The molecule has 0 saturated carbocycles. The van der Waals surface area contributed by atoms with Gasteiger partial charge in [0, 0.05) is 16.3 Å². The largest absolute Gasteiger partial charge is 0.384 e. The minimum absolute atomic E-state index is 0.584. The molecule has 0 aliphatic rings. The molecule has 0 aliphatic heterocycles. The van der Waals surface area contributed by atoms with Crippen LogP contribution in [-0.4, -0.2) is 19.9 Å². The van der Waals surface area contributed by atoms with E-state index in [1.807, 2.05) is 61.0 Å². The predicted molar refractivity (Wildman–Crippen MR) is 102 cm³/mol. The molecule has 6 heteroatoms. The van der Waals surface area contributed by atoms with E-state index < -0.39 is 6.10 Å². The van der Waals surface area contributed by atoms with Crippen LogP contribution in [0, 0.1) is 13.8 Å². The number of fused-ring (bicyclic) bond motifs is 1. The van der Waals surface area contributed by atoms with E-state index in [1.165, 1.54) is 11.3 Å². The maximum atomic E-state index is 10.8. The van der Waals surface area contributed by atoms with Gasteiger partial charge in [0.1, 0.15) is 6.10 Å². The van der Waals surface area contributed by atoms with E-state index in [9.17, 15) is 5.11 Å². The summed E-state index contributed by atoms with van der Waals surface area (Å²) in [6.45, 7) is 3.96. The fourth-order valence-electron chi connectivity index (χ4n) is 2.95. The van der Waals surface area contributed by atoms with Crippen molar-refractivity contribution >= 4 is 33.2 Å². The van der Waals surface area contributed by atoms with Gasteiger partial charge in [-0.3, -0.25) is 0 Å². The second kappa shape index (κ2) is 6.26. The van der Waals surface area contributed by atoms with E-state index in [0.717, 1.165) is 32.3 Å². The van der Waals surface area contributed by atoms with Crippen molar-refractivity contribution < 1.29 is 5.11 Å². The van der Waals surface area contributed by atoms with Gasteiger partial charge in [-0.1, -0.05) is 53.3 Å². The summed E-state index contributed by atoms with van der Waals surface area (Å²) in [7, 11) is 0. The van der Waals surface area contributed by atoms with E-state index >= 15 is 0 Å². The number of aliphatic hydroxyl groups is 1. The smallest absolute Gasteiger partial charge is 0.211 e. The molecule has 0 bridgehead atoms.